The molecule has 0 aliphatic heterocycles. The highest BCUT2D eigenvalue weighted by Gasteiger charge is 2.74. The predicted molar refractivity (Wildman–Crippen MR) is 43.4 cm³/mol. The van der Waals surface area contributed by atoms with E-state index in [9.17, 15) is 30.7 Å². The van der Waals surface area contributed by atoms with E-state index in [2.05, 4.69) is 12.3 Å². The van der Waals surface area contributed by atoms with E-state index in [1.54, 1.807) is 0 Å². The van der Waals surface area contributed by atoms with Crippen molar-refractivity contribution < 1.29 is 30.7 Å². The van der Waals surface area contributed by atoms with Gasteiger partial charge in [0.1, 0.15) is 0 Å². The van der Waals surface area contributed by atoms with E-state index in [1.165, 1.54) is 6.92 Å². The van der Waals surface area contributed by atoms with E-state index in [-0.39, 0.29) is 5.57 Å². The zero-order valence-corrected chi connectivity index (χ0v) is 8.21. The normalized spacial score (nSPS) is 16.1. The standard InChI is InChI=1S/C8H10F7N/c1-4(2)3-5(16)6(9,10)7(11,12)8(13,14)15/h5H,1,3,16H2,2H3/t5-/m0/s1. The van der Waals surface area contributed by atoms with Crippen LogP contribution in [0.2, 0.25) is 0 Å². The largest absolute Gasteiger partial charge is 0.459 e. The lowest BCUT2D eigenvalue weighted by atomic mass is 9.98. The molecular formula is C8H10F7N. The summed E-state index contributed by atoms with van der Waals surface area (Å²) in [6.45, 7) is 4.31. The van der Waals surface area contributed by atoms with Crippen LogP contribution in [-0.4, -0.2) is 24.1 Å². The van der Waals surface area contributed by atoms with Gasteiger partial charge in [-0.15, -0.1) is 6.58 Å². The van der Waals surface area contributed by atoms with Crippen LogP contribution in [0.5, 0.6) is 0 Å². The van der Waals surface area contributed by atoms with E-state index in [0.29, 0.717) is 0 Å². The molecule has 1 atom stereocenters. The minimum Gasteiger partial charge on any atom is -0.322 e. The van der Waals surface area contributed by atoms with E-state index >= 15 is 0 Å². The molecule has 1 nitrogen and oxygen atoms in total. The highest BCUT2D eigenvalue weighted by atomic mass is 19.4. The van der Waals surface area contributed by atoms with Crippen LogP contribution in [0.3, 0.4) is 0 Å². The summed E-state index contributed by atoms with van der Waals surface area (Å²) < 4.78 is 85.6. The van der Waals surface area contributed by atoms with E-state index in [1.807, 2.05) is 0 Å². The average Bonchev–Trinajstić information content (AvgIpc) is 2.00. The van der Waals surface area contributed by atoms with Crippen molar-refractivity contribution >= 4 is 0 Å². The Bertz CT molecular complexity index is 268. The Morgan fingerprint density at radius 3 is 1.75 bits per heavy atom. The molecule has 0 aromatic heterocycles. The molecule has 0 bridgehead atoms. The number of halogens is 7. The first-order chi connectivity index (χ1) is 6.84. The Labute approximate surface area is 87.1 Å². The van der Waals surface area contributed by atoms with Crippen LogP contribution >= 0.6 is 0 Å². The van der Waals surface area contributed by atoms with Crippen LogP contribution in [0.1, 0.15) is 13.3 Å². The molecule has 0 rings (SSSR count). The van der Waals surface area contributed by atoms with Crippen LogP contribution in [0.4, 0.5) is 30.7 Å². The fraction of sp³-hybridized carbons (Fsp3) is 0.750. The lowest BCUT2D eigenvalue weighted by Gasteiger charge is -2.32. The van der Waals surface area contributed by atoms with Crippen molar-refractivity contribution in [3.63, 3.8) is 0 Å². The van der Waals surface area contributed by atoms with Gasteiger partial charge in [0, 0.05) is 0 Å². The Kier molecular flexibility index (Phi) is 4.02. The van der Waals surface area contributed by atoms with Gasteiger partial charge in [0.25, 0.3) is 0 Å². The van der Waals surface area contributed by atoms with E-state index < -0.39 is 30.5 Å². The smallest absolute Gasteiger partial charge is 0.322 e. The number of nitrogens with two attached hydrogens (primary N) is 1. The van der Waals surface area contributed by atoms with Crippen molar-refractivity contribution in [1.29, 1.82) is 0 Å². The summed E-state index contributed by atoms with van der Waals surface area (Å²) in [4.78, 5) is 0. The molecule has 0 aromatic carbocycles. The summed E-state index contributed by atoms with van der Waals surface area (Å²) in [6, 6.07) is -2.64. The van der Waals surface area contributed by atoms with E-state index in [4.69, 9.17) is 0 Å². The molecule has 0 heterocycles. The number of hydrogen-bond acceptors (Lipinski definition) is 1. The van der Waals surface area contributed by atoms with Crippen molar-refractivity contribution in [2.75, 3.05) is 0 Å². The molecule has 8 heteroatoms. The van der Waals surface area contributed by atoms with Gasteiger partial charge in [-0.25, -0.2) is 0 Å². The van der Waals surface area contributed by atoms with Crippen molar-refractivity contribution in [1.82, 2.24) is 0 Å². The summed E-state index contributed by atoms with van der Waals surface area (Å²) in [5, 5.41) is 0. The van der Waals surface area contributed by atoms with Crippen LogP contribution in [0.25, 0.3) is 0 Å². The number of hydrogen-bond donors (Lipinski definition) is 1. The second-order valence-corrected chi connectivity index (χ2v) is 3.46. The summed E-state index contributed by atoms with van der Waals surface area (Å²) in [5.41, 5.74) is 4.64. The first kappa shape index (κ1) is 15.2. The average molecular weight is 253 g/mol. The zero-order chi connectivity index (χ0) is 13.4. The molecule has 0 fully saturated rings. The molecule has 16 heavy (non-hydrogen) atoms. The van der Waals surface area contributed by atoms with Gasteiger partial charge in [-0.05, 0) is 13.3 Å². The molecule has 0 spiro atoms. The van der Waals surface area contributed by atoms with Crippen molar-refractivity contribution in [2.24, 2.45) is 5.73 Å². The van der Waals surface area contributed by atoms with Crippen molar-refractivity contribution in [2.45, 2.75) is 37.4 Å². The second-order valence-electron chi connectivity index (χ2n) is 3.46. The second kappa shape index (κ2) is 4.23. The van der Waals surface area contributed by atoms with Crippen molar-refractivity contribution in [3.05, 3.63) is 12.2 Å². The number of alkyl halides is 7. The SMILES string of the molecule is C=C(C)C[C@H](N)C(F)(F)C(F)(F)C(F)(F)F. The van der Waals surface area contributed by atoms with Gasteiger partial charge in [-0.1, -0.05) is 5.57 Å². The lowest BCUT2D eigenvalue weighted by molar-refractivity contribution is -0.358. The van der Waals surface area contributed by atoms with Gasteiger partial charge < -0.3 is 5.73 Å². The van der Waals surface area contributed by atoms with Gasteiger partial charge in [0.2, 0.25) is 0 Å². The molecular weight excluding hydrogens is 243 g/mol. The summed E-state index contributed by atoms with van der Waals surface area (Å²) in [6.07, 6.45) is -7.16. The maximum Gasteiger partial charge on any atom is 0.459 e. The molecule has 0 amide bonds. The molecule has 0 radical (unpaired) electrons. The van der Waals surface area contributed by atoms with Crippen LogP contribution in [0, 0.1) is 0 Å². The molecule has 0 saturated carbocycles. The summed E-state index contributed by atoms with van der Waals surface area (Å²) >= 11 is 0. The summed E-state index contributed by atoms with van der Waals surface area (Å²) in [5.74, 6) is -11.5. The van der Waals surface area contributed by atoms with Gasteiger partial charge in [-0.3, -0.25) is 0 Å². The minimum atomic E-state index is -6.34. The molecule has 0 unspecified atom stereocenters. The molecule has 0 aliphatic rings. The summed E-state index contributed by atoms with van der Waals surface area (Å²) in [7, 11) is 0. The molecule has 0 aliphatic carbocycles. The molecule has 2 N–H and O–H groups in total. The first-order valence-corrected chi connectivity index (χ1v) is 4.06. The Hall–Kier alpha value is -0.790. The maximum atomic E-state index is 12.8. The topological polar surface area (TPSA) is 26.0 Å². The van der Waals surface area contributed by atoms with Gasteiger partial charge >= 0.3 is 18.0 Å². The third kappa shape index (κ3) is 2.66. The van der Waals surface area contributed by atoms with E-state index in [0.717, 1.165) is 0 Å². The number of rotatable bonds is 4. The predicted octanol–water partition coefficient (Wildman–Crippen LogP) is 3.11. The highest BCUT2D eigenvalue weighted by Crippen LogP contribution is 2.48. The quantitative estimate of drug-likeness (QED) is 0.604. The third-order valence-electron chi connectivity index (χ3n) is 1.81. The Morgan fingerprint density at radius 2 is 1.50 bits per heavy atom. The zero-order valence-electron chi connectivity index (χ0n) is 8.21. The Morgan fingerprint density at radius 1 is 1.12 bits per heavy atom. The van der Waals surface area contributed by atoms with Crippen LogP contribution in [-0.2, 0) is 0 Å². The fourth-order valence-electron chi connectivity index (χ4n) is 0.925. The van der Waals surface area contributed by atoms with Crippen LogP contribution in [0.15, 0.2) is 12.2 Å². The minimum absolute atomic E-state index is 0.00912. The maximum absolute atomic E-state index is 12.8. The molecule has 0 saturated heterocycles. The fourth-order valence-corrected chi connectivity index (χ4v) is 0.925. The molecule has 0 aromatic rings. The van der Waals surface area contributed by atoms with Gasteiger partial charge in [-0.2, -0.15) is 30.7 Å². The molecule has 96 valence electrons. The van der Waals surface area contributed by atoms with Crippen molar-refractivity contribution in [3.8, 4) is 0 Å². The first-order valence-electron chi connectivity index (χ1n) is 4.06. The lowest BCUT2D eigenvalue weighted by Crippen LogP contribution is -2.60. The van der Waals surface area contributed by atoms with Gasteiger partial charge in [0.05, 0.1) is 6.04 Å². The van der Waals surface area contributed by atoms with Gasteiger partial charge in [0.15, 0.2) is 0 Å². The Balaban J connectivity index is 5.11. The third-order valence-corrected chi connectivity index (χ3v) is 1.81. The monoisotopic (exact) mass is 253 g/mol. The highest BCUT2D eigenvalue weighted by molar-refractivity contribution is 5.03. The van der Waals surface area contributed by atoms with Crippen LogP contribution < -0.4 is 5.73 Å².